The number of rotatable bonds is 8. The van der Waals surface area contributed by atoms with Crippen LogP contribution in [0.1, 0.15) is 68.5 Å². The third kappa shape index (κ3) is 5.84. The molecule has 1 saturated carbocycles. The topological polar surface area (TPSA) is 72.5 Å². The maximum Gasteiger partial charge on any atom is 0.307 e. The van der Waals surface area contributed by atoms with Gasteiger partial charge in [0.15, 0.2) is 0 Å². The lowest BCUT2D eigenvalue weighted by Gasteiger charge is -2.22. The number of ether oxygens (including phenoxy) is 1. The highest BCUT2D eigenvalue weighted by atomic mass is 35.5. The first kappa shape index (κ1) is 22.8. The third-order valence-corrected chi connectivity index (χ3v) is 7.35. The zero-order valence-corrected chi connectivity index (χ0v) is 18.7. The molecule has 0 heterocycles. The second kappa shape index (κ2) is 10.4. The number of esters is 1. The summed E-state index contributed by atoms with van der Waals surface area (Å²) in [6, 6.07) is 13.2. The molecule has 1 fully saturated rings. The van der Waals surface area contributed by atoms with E-state index in [1.54, 1.807) is 43.3 Å². The molecule has 0 bridgehead atoms. The maximum absolute atomic E-state index is 13.0. The molecule has 2 aromatic carbocycles. The van der Waals surface area contributed by atoms with Crippen molar-refractivity contribution in [1.82, 2.24) is 4.72 Å². The lowest BCUT2D eigenvalue weighted by molar-refractivity contribution is -0.143. The number of hydrogen-bond donors (Lipinski definition) is 1. The van der Waals surface area contributed by atoms with E-state index in [1.165, 1.54) is 24.8 Å². The third-order valence-electron chi connectivity index (χ3n) is 5.52. The van der Waals surface area contributed by atoms with E-state index in [0.29, 0.717) is 16.5 Å². The number of sulfonamides is 1. The van der Waals surface area contributed by atoms with Crippen LogP contribution in [0, 0.1) is 0 Å². The second-order valence-electron chi connectivity index (χ2n) is 7.61. The van der Waals surface area contributed by atoms with Crippen LogP contribution in [0.15, 0.2) is 53.4 Å². The largest absolute Gasteiger partial charge is 0.466 e. The fourth-order valence-corrected chi connectivity index (χ4v) is 5.45. The number of carbonyl (C=O) groups is 1. The summed E-state index contributed by atoms with van der Waals surface area (Å²) >= 11 is 6.27. The van der Waals surface area contributed by atoms with Gasteiger partial charge in [0.25, 0.3) is 0 Å². The summed E-state index contributed by atoms with van der Waals surface area (Å²) < 4.78 is 33.8. The minimum absolute atomic E-state index is 0.142. The highest BCUT2D eigenvalue weighted by Crippen LogP contribution is 2.33. The van der Waals surface area contributed by atoms with Gasteiger partial charge >= 0.3 is 5.97 Å². The molecule has 0 amide bonds. The molecular weight excluding hydrogens is 422 g/mol. The summed E-state index contributed by atoms with van der Waals surface area (Å²) in [7, 11) is -3.85. The zero-order valence-electron chi connectivity index (χ0n) is 17.1. The molecule has 5 nitrogen and oxygen atoms in total. The van der Waals surface area contributed by atoms with Gasteiger partial charge in [-0.3, -0.25) is 4.79 Å². The van der Waals surface area contributed by atoms with Crippen molar-refractivity contribution in [1.29, 1.82) is 0 Å². The lowest BCUT2D eigenvalue weighted by atomic mass is 9.84. The van der Waals surface area contributed by atoms with Gasteiger partial charge in [-0.15, -0.1) is 0 Å². The van der Waals surface area contributed by atoms with Gasteiger partial charge in [-0.25, -0.2) is 13.1 Å². The molecule has 2 aromatic rings. The van der Waals surface area contributed by atoms with E-state index in [-0.39, 0.29) is 17.9 Å². The fraction of sp³-hybridized carbons (Fsp3) is 0.435. The predicted octanol–water partition coefficient (Wildman–Crippen LogP) is 5.36. The number of hydrogen-bond acceptors (Lipinski definition) is 4. The van der Waals surface area contributed by atoms with Crippen molar-refractivity contribution in [2.45, 2.75) is 62.3 Å². The van der Waals surface area contributed by atoms with E-state index in [2.05, 4.69) is 4.72 Å². The number of benzene rings is 2. The second-order valence-corrected chi connectivity index (χ2v) is 9.73. The molecule has 3 rings (SSSR count). The lowest BCUT2D eigenvalue weighted by Crippen LogP contribution is -2.31. The summed E-state index contributed by atoms with van der Waals surface area (Å²) in [5, 5.41) is 0.391. The number of carbonyl (C=O) groups excluding carboxylic acids is 1. The Hall–Kier alpha value is -1.89. The summed E-state index contributed by atoms with van der Waals surface area (Å²) in [5.41, 5.74) is 1.72. The van der Waals surface area contributed by atoms with Gasteiger partial charge in [0, 0.05) is 5.02 Å². The molecule has 1 atom stereocenters. The molecule has 1 N–H and O–H groups in total. The van der Waals surface area contributed by atoms with Crippen LogP contribution in [0.5, 0.6) is 0 Å². The Bertz CT molecular complexity index is 953. The van der Waals surface area contributed by atoms with Crippen molar-refractivity contribution < 1.29 is 17.9 Å². The Morgan fingerprint density at radius 3 is 2.40 bits per heavy atom. The Labute approximate surface area is 183 Å². The Morgan fingerprint density at radius 1 is 1.10 bits per heavy atom. The highest BCUT2D eigenvalue weighted by molar-refractivity contribution is 7.89. The van der Waals surface area contributed by atoms with Crippen molar-refractivity contribution in [3.63, 3.8) is 0 Å². The van der Waals surface area contributed by atoms with Gasteiger partial charge in [0.05, 0.1) is 24.0 Å². The molecule has 0 unspecified atom stereocenters. The van der Waals surface area contributed by atoms with E-state index in [9.17, 15) is 13.2 Å². The summed E-state index contributed by atoms with van der Waals surface area (Å²) in [4.78, 5) is 12.2. The molecule has 0 spiro atoms. The Balaban J connectivity index is 1.81. The standard InChI is InChI=1S/C23H28ClNO4S/c1-2-29-23(26)16-22(20-10-6-7-11-21(20)24)25-30(27,28)19-14-12-18(13-15-19)17-8-4-3-5-9-17/h6-7,10-15,17,22,25H,2-5,8-9,16H2,1H3/t22-/m0/s1. The average Bonchev–Trinajstić information content (AvgIpc) is 2.74. The fourth-order valence-electron chi connectivity index (χ4n) is 3.97. The zero-order chi connectivity index (χ0) is 21.6. The monoisotopic (exact) mass is 449 g/mol. The molecule has 162 valence electrons. The van der Waals surface area contributed by atoms with Crippen molar-refractivity contribution in [2.75, 3.05) is 6.61 Å². The van der Waals surface area contributed by atoms with Gasteiger partial charge in [0.1, 0.15) is 0 Å². The first-order valence-corrected chi connectivity index (χ1v) is 12.3. The molecule has 1 aliphatic rings. The van der Waals surface area contributed by atoms with Gasteiger partial charge in [-0.2, -0.15) is 0 Å². The first-order valence-electron chi connectivity index (χ1n) is 10.4. The molecule has 30 heavy (non-hydrogen) atoms. The van der Waals surface area contributed by atoms with Crippen molar-refractivity contribution in [3.8, 4) is 0 Å². The first-order chi connectivity index (χ1) is 14.4. The van der Waals surface area contributed by atoms with Crippen LogP contribution in [0.4, 0.5) is 0 Å². The van der Waals surface area contributed by atoms with Crippen LogP contribution in [-0.2, 0) is 19.6 Å². The van der Waals surface area contributed by atoms with Crippen LogP contribution in [-0.4, -0.2) is 21.0 Å². The minimum Gasteiger partial charge on any atom is -0.466 e. The quantitative estimate of drug-likeness (QED) is 0.550. The smallest absolute Gasteiger partial charge is 0.307 e. The maximum atomic E-state index is 13.0. The Morgan fingerprint density at radius 2 is 1.77 bits per heavy atom. The molecule has 7 heteroatoms. The highest BCUT2D eigenvalue weighted by Gasteiger charge is 2.26. The predicted molar refractivity (Wildman–Crippen MR) is 118 cm³/mol. The number of halogens is 1. The van der Waals surface area contributed by atoms with Gasteiger partial charge in [0.2, 0.25) is 10.0 Å². The van der Waals surface area contributed by atoms with Crippen LogP contribution in [0.2, 0.25) is 5.02 Å². The van der Waals surface area contributed by atoms with E-state index in [1.807, 2.05) is 12.1 Å². The number of nitrogens with one attached hydrogen (secondary N) is 1. The molecule has 0 saturated heterocycles. The molecule has 0 aromatic heterocycles. The molecule has 0 radical (unpaired) electrons. The van der Waals surface area contributed by atoms with Gasteiger partial charge in [-0.1, -0.05) is 61.2 Å². The molecular formula is C23H28ClNO4S. The van der Waals surface area contributed by atoms with Gasteiger partial charge < -0.3 is 4.74 Å². The summed E-state index contributed by atoms with van der Waals surface area (Å²) in [6.07, 6.45) is 5.88. The summed E-state index contributed by atoms with van der Waals surface area (Å²) in [5.74, 6) is 0.0147. The van der Waals surface area contributed by atoms with Crippen molar-refractivity contribution in [2.24, 2.45) is 0 Å². The molecule has 1 aliphatic carbocycles. The average molecular weight is 450 g/mol. The van der Waals surface area contributed by atoms with E-state index in [0.717, 1.165) is 12.8 Å². The van der Waals surface area contributed by atoms with E-state index < -0.39 is 22.0 Å². The van der Waals surface area contributed by atoms with E-state index in [4.69, 9.17) is 16.3 Å². The van der Waals surface area contributed by atoms with E-state index >= 15 is 0 Å². The molecule has 0 aliphatic heterocycles. The summed E-state index contributed by atoms with van der Waals surface area (Å²) in [6.45, 7) is 1.93. The van der Waals surface area contributed by atoms with Gasteiger partial charge in [-0.05, 0) is 55.0 Å². The normalized spacial score (nSPS) is 16.2. The van der Waals surface area contributed by atoms with Crippen LogP contribution in [0.3, 0.4) is 0 Å². The van der Waals surface area contributed by atoms with Crippen molar-refractivity contribution >= 4 is 27.6 Å². The SMILES string of the molecule is CCOC(=O)C[C@H](NS(=O)(=O)c1ccc(C2CCCCC2)cc1)c1ccccc1Cl. The minimum atomic E-state index is -3.85. The van der Waals surface area contributed by atoms with Crippen LogP contribution in [0.25, 0.3) is 0 Å². The Kier molecular flexibility index (Phi) is 7.92. The van der Waals surface area contributed by atoms with Crippen LogP contribution >= 0.6 is 11.6 Å². The van der Waals surface area contributed by atoms with Crippen LogP contribution < -0.4 is 4.72 Å². The van der Waals surface area contributed by atoms with Crippen molar-refractivity contribution in [3.05, 3.63) is 64.7 Å².